The Morgan fingerprint density at radius 2 is 1.71 bits per heavy atom. The SMILES string of the molecule is CC(Oc1ccccc1F)C(=O)NNC(=O)c1csc(-c2ccccc2F)n1. The van der Waals surface area contributed by atoms with Crippen molar-refractivity contribution in [2.24, 2.45) is 0 Å². The number of hydrogen-bond donors (Lipinski definition) is 2. The first-order valence-corrected chi connectivity index (χ1v) is 9.05. The molecule has 1 heterocycles. The monoisotopic (exact) mass is 403 g/mol. The summed E-state index contributed by atoms with van der Waals surface area (Å²) in [6, 6.07) is 11.7. The molecule has 2 N–H and O–H groups in total. The maximum Gasteiger partial charge on any atom is 0.289 e. The van der Waals surface area contributed by atoms with Gasteiger partial charge < -0.3 is 4.74 Å². The van der Waals surface area contributed by atoms with Gasteiger partial charge in [-0.2, -0.15) is 0 Å². The molecule has 3 rings (SSSR count). The Bertz CT molecular complexity index is 1010. The van der Waals surface area contributed by atoms with E-state index in [4.69, 9.17) is 4.74 Å². The van der Waals surface area contributed by atoms with Gasteiger partial charge in [-0.25, -0.2) is 13.8 Å². The summed E-state index contributed by atoms with van der Waals surface area (Å²) in [4.78, 5) is 28.2. The minimum Gasteiger partial charge on any atom is -0.478 e. The Morgan fingerprint density at radius 1 is 1.04 bits per heavy atom. The van der Waals surface area contributed by atoms with Crippen LogP contribution in [0.25, 0.3) is 10.6 Å². The number of para-hydroxylation sites is 1. The quantitative estimate of drug-likeness (QED) is 0.641. The molecule has 0 aliphatic carbocycles. The van der Waals surface area contributed by atoms with E-state index in [0.29, 0.717) is 5.01 Å². The van der Waals surface area contributed by atoms with E-state index in [1.807, 2.05) is 0 Å². The topological polar surface area (TPSA) is 80.3 Å². The first-order chi connectivity index (χ1) is 13.5. The second kappa shape index (κ2) is 8.57. The summed E-state index contributed by atoms with van der Waals surface area (Å²) in [6.07, 6.45) is -1.05. The van der Waals surface area contributed by atoms with Gasteiger partial charge in [0.2, 0.25) is 0 Å². The summed E-state index contributed by atoms with van der Waals surface area (Å²) in [5, 5.41) is 1.79. The van der Waals surface area contributed by atoms with Crippen LogP contribution in [0.4, 0.5) is 8.78 Å². The highest BCUT2D eigenvalue weighted by molar-refractivity contribution is 7.13. The lowest BCUT2D eigenvalue weighted by Gasteiger charge is -2.15. The summed E-state index contributed by atoms with van der Waals surface area (Å²) in [6.45, 7) is 1.41. The van der Waals surface area contributed by atoms with Gasteiger partial charge in [-0.1, -0.05) is 24.3 Å². The van der Waals surface area contributed by atoms with E-state index >= 15 is 0 Å². The number of hydrazine groups is 1. The van der Waals surface area contributed by atoms with Gasteiger partial charge in [0.15, 0.2) is 17.7 Å². The Balaban J connectivity index is 1.57. The van der Waals surface area contributed by atoms with Crippen molar-refractivity contribution in [3.05, 3.63) is 71.2 Å². The average molecular weight is 403 g/mol. The van der Waals surface area contributed by atoms with Crippen LogP contribution in [0.5, 0.6) is 5.75 Å². The summed E-state index contributed by atoms with van der Waals surface area (Å²) < 4.78 is 32.6. The maximum atomic E-state index is 13.8. The number of aromatic nitrogens is 1. The summed E-state index contributed by atoms with van der Waals surface area (Å²) in [5.41, 5.74) is 4.68. The molecule has 144 valence electrons. The van der Waals surface area contributed by atoms with Crippen LogP contribution >= 0.6 is 11.3 Å². The van der Waals surface area contributed by atoms with Crippen LogP contribution in [0.15, 0.2) is 53.9 Å². The molecule has 1 atom stereocenters. The van der Waals surface area contributed by atoms with Gasteiger partial charge in [-0.15, -0.1) is 11.3 Å². The van der Waals surface area contributed by atoms with E-state index in [1.54, 1.807) is 24.3 Å². The number of rotatable bonds is 5. The molecule has 0 fully saturated rings. The third-order valence-electron chi connectivity index (χ3n) is 3.65. The fraction of sp³-hybridized carbons (Fsp3) is 0.105. The van der Waals surface area contributed by atoms with Crippen LogP contribution in [-0.2, 0) is 4.79 Å². The van der Waals surface area contributed by atoms with Crippen molar-refractivity contribution >= 4 is 23.2 Å². The second-order valence-electron chi connectivity index (χ2n) is 5.65. The zero-order valence-corrected chi connectivity index (χ0v) is 15.4. The Kier molecular flexibility index (Phi) is 5.95. The highest BCUT2D eigenvalue weighted by Gasteiger charge is 2.19. The number of thiazole rings is 1. The largest absolute Gasteiger partial charge is 0.478 e. The van der Waals surface area contributed by atoms with E-state index in [-0.39, 0.29) is 17.0 Å². The van der Waals surface area contributed by atoms with E-state index < -0.39 is 29.6 Å². The Hall–Kier alpha value is -3.33. The van der Waals surface area contributed by atoms with Crippen molar-refractivity contribution in [3.8, 4) is 16.3 Å². The van der Waals surface area contributed by atoms with Crippen molar-refractivity contribution in [3.63, 3.8) is 0 Å². The number of nitrogens with zero attached hydrogens (tertiary/aromatic N) is 1. The summed E-state index contributed by atoms with van der Waals surface area (Å²) >= 11 is 1.10. The molecule has 1 unspecified atom stereocenters. The molecule has 0 aliphatic heterocycles. The molecule has 1 aromatic heterocycles. The third kappa shape index (κ3) is 4.49. The minimum absolute atomic E-state index is 0.0197. The normalized spacial score (nSPS) is 11.5. The van der Waals surface area contributed by atoms with Gasteiger partial charge in [-0.3, -0.25) is 20.4 Å². The molecular formula is C19H15F2N3O3S. The van der Waals surface area contributed by atoms with E-state index in [2.05, 4.69) is 15.8 Å². The molecule has 6 nitrogen and oxygen atoms in total. The van der Waals surface area contributed by atoms with E-state index in [9.17, 15) is 18.4 Å². The lowest BCUT2D eigenvalue weighted by molar-refractivity contribution is -0.128. The molecule has 2 aromatic carbocycles. The number of halogens is 2. The molecule has 0 spiro atoms. The molecule has 9 heteroatoms. The van der Waals surface area contributed by atoms with E-state index in [0.717, 1.165) is 11.3 Å². The maximum absolute atomic E-state index is 13.8. The highest BCUT2D eigenvalue weighted by atomic mass is 32.1. The fourth-order valence-corrected chi connectivity index (χ4v) is 3.03. The van der Waals surface area contributed by atoms with Crippen LogP contribution in [0.3, 0.4) is 0 Å². The van der Waals surface area contributed by atoms with Crippen LogP contribution in [-0.4, -0.2) is 22.9 Å². The van der Waals surface area contributed by atoms with Crippen molar-refractivity contribution in [1.29, 1.82) is 0 Å². The lowest BCUT2D eigenvalue weighted by atomic mass is 10.2. The predicted molar refractivity (Wildman–Crippen MR) is 99.6 cm³/mol. The molecule has 0 saturated heterocycles. The average Bonchev–Trinajstić information content (AvgIpc) is 3.18. The van der Waals surface area contributed by atoms with Crippen LogP contribution in [0.2, 0.25) is 0 Å². The number of carbonyl (C=O) groups is 2. The van der Waals surface area contributed by atoms with Gasteiger partial charge in [-0.05, 0) is 31.2 Å². The summed E-state index contributed by atoms with van der Waals surface area (Å²) in [5.74, 6) is -2.48. The predicted octanol–water partition coefficient (Wildman–Crippen LogP) is 3.32. The number of ether oxygens (including phenoxy) is 1. The van der Waals surface area contributed by atoms with Gasteiger partial charge in [0.05, 0.1) is 0 Å². The van der Waals surface area contributed by atoms with Crippen LogP contribution < -0.4 is 15.6 Å². The van der Waals surface area contributed by atoms with Gasteiger partial charge in [0, 0.05) is 10.9 Å². The number of carbonyl (C=O) groups excluding carboxylic acids is 2. The lowest BCUT2D eigenvalue weighted by Crippen LogP contribution is -2.47. The van der Waals surface area contributed by atoms with E-state index in [1.165, 1.54) is 36.6 Å². The van der Waals surface area contributed by atoms with Crippen LogP contribution in [0.1, 0.15) is 17.4 Å². The van der Waals surface area contributed by atoms with Gasteiger partial charge in [0.25, 0.3) is 11.8 Å². The molecule has 2 amide bonds. The van der Waals surface area contributed by atoms with Crippen LogP contribution in [0, 0.1) is 11.6 Å². The molecule has 0 aliphatic rings. The van der Waals surface area contributed by atoms with Gasteiger partial charge in [0.1, 0.15) is 16.5 Å². The molecular weight excluding hydrogens is 388 g/mol. The molecule has 28 heavy (non-hydrogen) atoms. The summed E-state index contributed by atoms with van der Waals surface area (Å²) in [7, 11) is 0. The molecule has 0 bridgehead atoms. The van der Waals surface area contributed by atoms with Gasteiger partial charge >= 0.3 is 0 Å². The number of benzene rings is 2. The van der Waals surface area contributed by atoms with Crippen molar-refractivity contribution in [1.82, 2.24) is 15.8 Å². The second-order valence-corrected chi connectivity index (χ2v) is 6.51. The molecule has 0 radical (unpaired) electrons. The first-order valence-electron chi connectivity index (χ1n) is 8.17. The minimum atomic E-state index is -1.05. The van der Waals surface area contributed by atoms with Crippen molar-refractivity contribution in [2.45, 2.75) is 13.0 Å². The Morgan fingerprint density at radius 3 is 2.43 bits per heavy atom. The Labute approximate surface area is 163 Å². The fourth-order valence-electron chi connectivity index (χ4n) is 2.20. The number of amides is 2. The smallest absolute Gasteiger partial charge is 0.289 e. The number of nitrogens with one attached hydrogen (secondary N) is 2. The standard InChI is InChI=1S/C19H15F2N3O3S/c1-11(27-16-9-5-4-8-14(16)21)17(25)23-24-18(26)15-10-28-19(22-15)12-6-2-3-7-13(12)20/h2-11H,1H3,(H,23,25)(H,24,26). The molecule has 0 saturated carbocycles. The van der Waals surface area contributed by atoms with Crippen molar-refractivity contribution in [2.75, 3.05) is 0 Å². The van der Waals surface area contributed by atoms with Crippen molar-refractivity contribution < 1.29 is 23.1 Å². The first kappa shape index (κ1) is 19.4. The third-order valence-corrected chi connectivity index (χ3v) is 4.53. The molecule has 3 aromatic rings. The zero-order valence-electron chi connectivity index (χ0n) is 14.6. The highest BCUT2D eigenvalue weighted by Crippen LogP contribution is 2.26. The zero-order chi connectivity index (χ0) is 20.1. The number of hydrogen-bond acceptors (Lipinski definition) is 5.